The second-order valence-electron chi connectivity index (χ2n) is 8.12. The average molecular weight is 384 g/mol. The Morgan fingerprint density at radius 3 is 2.41 bits per heavy atom. The molecule has 3 N–H and O–H groups in total. The number of carboxylic acid groups (broad SMARTS) is 1. The van der Waals surface area contributed by atoms with Crippen molar-refractivity contribution in [3.05, 3.63) is 0 Å². The second kappa shape index (κ2) is 8.88. The molecular formula is C18H32N4O5. The Balaban J connectivity index is 2.37. The highest BCUT2D eigenvalue weighted by molar-refractivity contribution is 5.92. The number of carbonyl (C=O) groups is 3. The summed E-state index contributed by atoms with van der Waals surface area (Å²) in [6.07, 6.45) is -1.61. The van der Waals surface area contributed by atoms with E-state index in [0.717, 1.165) is 11.5 Å². The standard InChI is InChI=1S/C18H32N4O5/c1-11(2)6-8-20-10-15-21(13(16(20)23)9-12(3)4)17(24)14(5-7-19)27-22(15)18(25)26/h11-15H,5-10,19H2,1-4H3,(H,25,26)/t13-,14+,15?/m0/s1. The molecular weight excluding hydrogens is 352 g/mol. The highest BCUT2D eigenvalue weighted by atomic mass is 16.7. The van der Waals surface area contributed by atoms with E-state index in [1.807, 2.05) is 13.8 Å². The van der Waals surface area contributed by atoms with Crippen LogP contribution in [0.2, 0.25) is 0 Å². The molecule has 2 fully saturated rings. The van der Waals surface area contributed by atoms with Crippen LogP contribution in [-0.4, -0.2) is 75.8 Å². The van der Waals surface area contributed by atoms with Crippen molar-refractivity contribution in [1.82, 2.24) is 14.9 Å². The number of amides is 3. The van der Waals surface area contributed by atoms with Crippen LogP contribution in [-0.2, 0) is 14.4 Å². The van der Waals surface area contributed by atoms with E-state index in [9.17, 15) is 19.5 Å². The van der Waals surface area contributed by atoms with Gasteiger partial charge in [0.1, 0.15) is 6.04 Å². The lowest BCUT2D eigenvalue weighted by molar-refractivity contribution is -0.266. The molecule has 2 aliphatic heterocycles. The van der Waals surface area contributed by atoms with Crippen LogP contribution < -0.4 is 5.73 Å². The molecule has 9 nitrogen and oxygen atoms in total. The molecule has 0 radical (unpaired) electrons. The molecule has 0 aromatic heterocycles. The first-order valence-electron chi connectivity index (χ1n) is 9.67. The summed E-state index contributed by atoms with van der Waals surface area (Å²) in [5, 5.41) is 10.4. The van der Waals surface area contributed by atoms with Crippen molar-refractivity contribution in [2.24, 2.45) is 17.6 Å². The monoisotopic (exact) mass is 384 g/mol. The number of hydroxylamine groups is 2. The van der Waals surface area contributed by atoms with E-state index >= 15 is 0 Å². The Morgan fingerprint density at radius 2 is 1.89 bits per heavy atom. The van der Waals surface area contributed by atoms with Gasteiger partial charge in [0.25, 0.3) is 5.91 Å². The van der Waals surface area contributed by atoms with Crippen molar-refractivity contribution in [3.63, 3.8) is 0 Å². The van der Waals surface area contributed by atoms with E-state index in [-0.39, 0.29) is 37.2 Å². The first-order valence-corrected chi connectivity index (χ1v) is 9.67. The smallest absolute Gasteiger partial charge is 0.433 e. The zero-order chi connectivity index (χ0) is 20.3. The summed E-state index contributed by atoms with van der Waals surface area (Å²) >= 11 is 0. The number of hydrogen-bond acceptors (Lipinski definition) is 5. The summed E-state index contributed by atoms with van der Waals surface area (Å²) in [4.78, 5) is 46.4. The molecule has 0 aromatic rings. The van der Waals surface area contributed by atoms with Crippen LogP contribution in [0.15, 0.2) is 0 Å². The van der Waals surface area contributed by atoms with Crippen molar-refractivity contribution in [2.75, 3.05) is 19.6 Å². The molecule has 3 amide bonds. The number of piperazine rings is 1. The Kier molecular flexibility index (Phi) is 7.05. The van der Waals surface area contributed by atoms with Crippen molar-refractivity contribution < 1.29 is 24.3 Å². The number of fused-ring (bicyclic) bond motifs is 1. The van der Waals surface area contributed by atoms with Crippen LogP contribution in [0.5, 0.6) is 0 Å². The summed E-state index contributed by atoms with van der Waals surface area (Å²) in [5.41, 5.74) is 5.55. The zero-order valence-electron chi connectivity index (χ0n) is 16.6. The molecule has 0 bridgehead atoms. The van der Waals surface area contributed by atoms with Gasteiger partial charge in [0.15, 0.2) is 12.3 Å². The molecule has 0 aromatic carbocycles. The molecule has 2 saturated heterocycles. The first-order chi connectivity index (χ1) is 12.7. The minimum atomic E-state index is -1.28. The summed E-state index contributed by atoms with van der Waals surface area (Å²) in [5.74, 6) is 0.109. The Hall–Kier alpha value is -1.87. The summed E-state index contributed by atoms with van der Waals surface area (Å²) in [6, 6.07) is -0.686. The fourth-order valence-electron chi connectivity index (χ4n) is 3.60. The van der Waals surface area contributed by atoms with Crippen LogP contribution in [0.25, 0.3) is 0 Å². The van der Waals surface area contributed by atoms with Gasteiger partial charge in [-0.2, -0.15) is 5.06 Å². The van der Waals surface area contributed by atoms with Crippen molar-refractivity contribution in [3.8, 4) is 0 Å². The molecule has 2 heterocycles. The van der Waals surface area contributed by atoms with Gasteiger partial charge in [-0.25, -0.2) is 4.79 Å². The van der Waals surface area contributed by atoms with Crippen LogP contribution in [0, 0.1) is 11.8 Å². The lowest BCUT2D eigenvalue weighted by atomic mass is 9.96. The van der Waals surface area contributed by atoms with Crippen molar-refractivity contribution in [2.45, 2.75) is 65.3 Å². The molecule has 3 atom stereocenters. The fourth-order valence-corrected chi connectivity index (χ4v) is 3.60. The molecule has 0 saturated carbocycles. The SMILES string of the molecule is CC(C)CCN1CC2N(C(=O)O)O[C@H](CCN)C(=O)N2[C@@H](CC(C)C)C1=O. The van der Waals surface area contributed by atoms with Gasteiger partial charge in [0, 0.05) is 6.54 Å². The molecule has 2 rings (SSSR count). The molecule has 0 spiro atoms. The number of nitrogens with two attached hydrogens (primary N) is 1. The van der Waals surface area contributed by atoms with E-state index in [4.69, 9.17) is 10.6 Å². The minimum absolute atomic E-state index is 0.118. The van der Waals surface area contributed by atoms with Crippen molar-refractivity contribution >= 4 is 17.9 Å². The second-order valence-corrected chi connectivity index (χ2v) is 8.12. The molecule has 27 heavy (non-hydrogen) atoms. The molecule has 1 unspecified atom stereocenters. The van der Waals surface area contributed by atoms with E-state index in [1.54, 1.807) is 4.90 Å². The topological polar surface area (TPSA) is 116 Å². The molecule has 0 aliphatic carbocycles. The normalized spacial score (nSPS) is 26.2. The largest absolute Gasteiger partial charge is 0.463 e. The van der Waals surface area contributed by atoms with Crippen molar-refractivity contribution in [1.29, 1.82) is 0 Å². The van der Waals surface area contributed by atoms with Gasteiger partial charge < -0.3 is 20.6 Å². The third-order valence-corrected chi connectivity index (χ3v) is 4.97. The lowest BCUT2D eigenvalue weighted by Crippen LogP contribution is -2.73. The summed E-state index contributed by atoms with van der Waals surface area (Å²) in [7, 11) is 0. The number of hydrogen-bond donors (Lipinski definition) is 2. The van der Waals surface area contributed by atoms with E-state index in [2.05, 4.69) is 13.8 Å². The maximum Gasteiger partial charge on any atom is 0.433 e. The number of nitrogens with zero attached hydrogens (tertiary/aromatic N) is 3. The zero-order valence-corrected chi connectivity index (χ0v) is 16.6. The van der Waals surface area contributed by atoms with Gasteiger partial charge in [-0.15, -0.1) is 0 Å². The van der Waals surface area contributed by atoms with Gasteiger partial charge in [-0.3, -0.25) is 14.4 Å². The highest BCUT2D eigenvalue weighted by Gasteiger charge is 2.52. The average Bonchev–Trinajstić information content (AvgIpc) is 2.57. The third kappa shape index (κ3) is 4.70. The molecule has 2 aliphatic rings. The highest BCUT2D eigenvalue weighted by Crippen LogP contribution is 2.31. The lowest BCUT2D eigenvalue weighted by Gasteiger charge is -2.52. The summed E-state index contributed by atoms with van der Waals surface area (Å²) in [6.45, 7) is 8.93. The predicted molar refractivity (Wildman–Crippen MR) is 98.3 cm³/mol. The Labute approximate surface area is 160 Å². The predicted octanol–water partition coefficient (Wildman–Crippen LogP) is 1.09. The fraction of sp³-hybridized carbons (Fsp3) is 0.833. The molecule has 154 valence electrons. The Morgan fingerprint density at radius 1 is 1.22 bits per heavy atom. The first kappa shape index (κ1) is 21.4. The minimum Gasteiger partial charge on any atom is -0.463 e. The number of rotatable bonds is 7. The van der Waals surface area contributed by atoms with Crippen LogP contribution >= 0.6 is 0 Å². The molecule has 9 heteroatoms. The summed E-state index contributed by atoms with van der Waals surface area (Å²) < 4.78 is 0. The van der Waals surface area contributed by atoms with Gasteiger partial charge in [-0.05, 0) is 37.6 Å². The van der Waals surface area contributed by atoms with Crippen LogP contribution in [0.3, 0.4) is 0 Å². The number of carbonyl (C=O) groups excluding carboxylic acids is 2. The third-order valence-electron chi connectivity index (χ3n) is 4.97. The van der Waals surface area contributed by atoms with Gasteiger partial charge in [0.05, 0.1) is 6.54 Å². The van der Waals surface area contributed by atoms with E-state index in [1.165, 1.54) is 4.90 Å². The maximum atomic E-state index is 13.1. The van der Waals surface area contributed by atoms with Crippen LogP contribution in [0.4, 0.5) is 4.79 Å². The quantitative estimate of drug-likeness (QED) is 0.679. The maximum absolute atomic E-state index is 13.1. The van der Waals surface area contributed by atoms with Gasteiger partial charge in [0.2, 0.25) is 5.91 Å². The van der Waals surface area contributed by atoms with E-state index in [0.29, 0.717) is 18.9 Å². The van der Waals surface area contributed by atoms with Gasteiger partial charge in [-0.1, -0.05) is 27.7 Å². The van der Waals surface area contributed by atoms with E-state index < -0.39 is 24.4 Å². The van der Waals surface area contributed by atoms with Gasteiger partial charge >= 0.3 is 6.09 Å². The van der Waals surface area contributed by atoms with Crippen LogP contribution in [0.1, 0.15) is 47.0 Å². The Bertz CT molecular complexity index is 568.